The van der Waals surface area contributed by atoms with Crippen molar-refractivity contribution >= 4 is 17.6 Å². The van der Waals surface area contributed by atoms with Gasteiger partial charge < -0.3 is 25.5 Å². The number of rotatable bonds is 7. The minimum Gasteiger partial charge on any atom is -0.504 e. The molecule has 0 radical (unpaired) electrons. The van der Waals surface area contributed by atoms with Crippen LogP contribution in [-0.4, -0.2) is 54.0 Å². The summed E-state index contributed by atoms with van der Waals surface area (Å²) in [4.78, 5) is 39.9. The van der Waals surface area contributed by atoms with Crippen LogP contribution in [-0.2, 0) is 25.7 Å². The normalized spacial score (nSPS) is 19.4. The molecule has 9 nitrogen and oxygen atoms in total. The van der Waals surface area contributed by atoms with Crippen molar-refractivity contribution in [1.29, 1.82) is 0 Å². The monoisotopic (exact) mass is 452 g/mol. The molecule has 32 heavy (non-hydrogen) atoms. The maximum atomic E-state index is 13.8. The first kappa shape index (κ1) is 25.0. The van der Waals surface area contributed by atoms with Crippen molar-refractivity contribution in [3.05, 3.63) is 58.5 Å². The highest BCUT2D eigenvalue weighted by Gasteiger charge is 2.30. The lowest BCUT2D eigenvalue weighted by molar-refractivity contribution is -0.131. The second-order valence-corrected chi connectivity index (χ2v) is 7.22. The quantitative estimate of drug-likeness (QED) is 0.459. The van der Waals surface area contributed by atoms with Gasteiger partial charge in [0, 0.05) is 43.9 Å². The van der Waals surface area contributed by atoms with Gasteiger partial charge in [-0.25, -0.2) is 14.2 Å². The average Bonchev–Trinajstić information content (AvgIpc) is 2.74. The number of carbonyl (C=O) groups excluding carboxylic acids is 3. The van der Waals surface area contributed by atoms with Gasteiger partial charge in [0.25, 0.3) is 11.8 Å². The number of benzene rings is 1. The number of hydrogen-bond donors (Lipinski definition) is 4. The Morgan fingerprint density at radius 3 is 2.66 bits per heavy atom. The number of aliphatic hydroxyl groups is 1. The standard InChI is InChI=1S/C21H26F2N4O5/c1-12(2)27-11-26-25-10-16(19(29)18(28)15(21(27)31)6-7-32-3)20(30)24-9-13-4-5-14(22)8-17(13)23/h4-5,8,10,12,25-26,28H,6-7,9,11H2,1-3H3,(H,24,30)/b16-10+,18-15-. The molecule has 0 aromatic heterocycles. The van der Waals surface area contributed by atoms with E-state index in [4.69, 9.17) is 4.74 Å². The molecule has 0 bridgehead atoms. The van der Waals surface area contributed by atoms with Gasteiger partial charge in [-0.05, 0) is 19.9 Å². The fourth-order valence-corrected chi connectivity index (χ4v) is 2.88. The number of carbonyl (C=O) groups is 3. The van der Waals surface area contributed by atoms with Crippen LogP contribution in [0, 0.1) is 11.6 Å². The Hall–Kier alpha value is -3.31. The summed E-state index contributed by atoms with van der Waals surface area (Å²) in [5, 5.41) is 12.9. The van der Waals surface area contributed by atoms with E-state index in [2.05, 4.69) is 16.2 Å². The lowest BCUT2D eigenvalue weighted by atomic mass is 10.0. The first-order valence-corrected chi connectivity index (χ1v) is 9.84. The number of allylic oxidation sites excluding steroid dienone is 1. The molecule has 1 heterocycles. The zero-order valence-electron chi connectivity index (χ0n) is 18.0. The molecule has 0 spiro atoms. The Morgan fingerprint density at radius 1 is 1.31 bits per heavy atom. The number of hydrazine groups is 1. The van der Waals surface area contributed by atoms with E-state index in [9.17, 15) is 28.3 Å². The van der Waals surface area contributed by atoms with Crippen LogP contribution in [0.1, 0.15) is 25.8 Å². The Kier molecular flexibility index (Phi) is 8.85. The van der Waals surface area contributed by atoms with Crippen LogP contribution in [0.15, 0.2) is 41.3 Å². The Bertz CT molecular complexity index is 946. The van der Waals surface area contributed by atoms with Crippen LogP contribution in [0.2, 0.25) is 0 Å². The summed E-state index contributed by atoms with van der Waals surface area (Å²) in [5.74, 6) is -5.12. The minimum absolute atomic E-state index is 0.00190. The minimum atomic E-state index is -1.10. The van der Waals surface area contributed by atoms with Crippen molar-refractivity contribution in [2.24, 2.45) is 0 Å². The van der Waals surface area contributed by atoms with Crippen LogP contribution in [0.5, 0.6) is 0 Å². The summed E-state index contributed by atoms with van der Waals surface area (Å²) >= 11 is 0. The molecule has 2 amide bonds. The molecule has 0 saturated heterocycles. The summed E-state index contributed by atoms with van der Waals surface area (Å²) in [5.41, 5.74) is 4.55. The highest BCUT2D eigenvalue weighted by Crippen LogP contribution is 2.18. The molecule has 0 fully saturated rings. The Labute approximate surface area is 184 Å². The van der Waals surface area contributed by atoms with Gasteiger partial charge in [0.15, 0.2) is 5.76 Å². The second-order valence-electron chi connectivity index (χ2n) is 7.22. The zero-order valence-corrected chi connectivity index (χ0v) is 18.0. The third-order valence-corrected chi connectivity index (χ3v) is 4.71. The SMILES string of the molecule is COCC/C1=C(/O)C(=O)/C(C(=O)NCc2ccc(F)cc2F)=C\NNCN(C(C)C)C1=O. The van der Waals surface area contributed by atoms with E-state index in [0.29, 0.717) is 6.07 Å². The number of hydrogen-bond acceptors (Lipinski definition) is 7. The van der Waals surface area contributed by atoms with Crippen LogP contribution in [0.3, 0.4) is 0 Å². The van der Waals surface area contributed by atoms with Gasteiger partial charge in [0.1, 0.15) is 17.2 Å². The molecular formula is C21H26F2N4O5. The number of Topliss-reactive ketones (excluding diaryl/α,β-unsaturated/α-hetero) is 1. The molecular weight excluding hydrogens is 426 g/mol. The predicted molar refractivity (Wildman–Crippen MR) is 111 cm³/mol. The smallest absolute Gasteiger partial charge is 0.257 e. The van der Waals surface area contributed by atoms with E-state index in [1.807, 2.05) is 0 Å². The van der Waals surface area contributed by atoms with E-state index in [1.165, 1.54) is 12.0 Å². The van der Waals surface area contributed by atoms with E-state index in [1.54, 1.807) is 13.8 Å². The molecule has 0 aliphatic carbocycles. The fourth-order valence-electron chi connectivity index (χ4n) is 2.88. The van der Waals surface area contributed by atoms with Gasteiger partial charge in [-0.3, -0.25) is 14.4 Å². The molecule has 11 heteroatoms. The van der Waals surface area contributed by atoms with Gasteiger partial charge in [-0.1, -0.05) is 6.07 Å². The Balaban J connectivity index is 2.32. The van der Waals surface area contributed by atoms with Crippen LogP contribution >= 0.6 is 0 Å². The molecule has 2 rings (SSSR count). The molecule has 4 N–H and O–H groups in total. The number of aliphatic hydroxyl groups excluding tert-OH is 1. The highest BCUT2D eigenvalue weighted by atomic mass is 19.1. The molecule has 0 saturated carbocycles. The van der Waals surface area contributed by atoms with Crippen molar-refractivity contribution in [2.45, 2.75) is 32.9 Å². The first-order valence-electron chi connectivity index (χ1n) is 9.84. The summed E-state index contributed by atoms with van der Waals surface area (Å²) < 4.78 is 31.8. The number of ether oxygens (including phenoxy) is 1. The molecule has 174 valence electrons. The third-order valence-electron chi connectivity index (χ3n) is 4.71. The maximum absolute atomic E-state index is 13.8. The Morgan fingerprint density at radius 2 is 2.03 bits per heavy atom. The second kappa shape index (κ2) is 11.3. The van der Waals surface area contributed by atoms with Crippen LogP contribution in [0.25, 0.3) is 0 Å². The van der Waals surface area contributed by atoms with Crippen molar-refractivity contribution in [2.75, 3.05) is 20.4 Å². The van der Waals surface area contributed by atoms with E-state index >= 15 is 0 Å². The van der Waals surface area contributed by atoms with E-state index in [-0.39, 0.29) is 43.4 Å². The van der Waals surface area contributed by atoms with Gasteiger partial charge in [-0.2, -0.15) is 0 Å². The number of halogens is 2. The largest absolute Gasteiger partial charge is 0.504 e. The molecule has 0 unspecified atom stereocenters. The molecule has 1 aliphatic rings. The number of methoxy groups -OCH3 is 1. The fraction of sp³-hybridized carbons (Fsp3) is 0.381. The molecule has 1 aromatic rings. The molecule has 0 atom stereocenters. The predicted octanol–water partition coefficient (Wildman–Crippen LogP) is 1.18. The van der Waals surface area contributed by atoms with E-state index in [0.717, 1.165) is 18.3 Å². The number of amides is 2. The van der Waals surface area contributed by atoms with Gasteiger partial charge in [-0.15, -0.1) is 0 Å². The molecule has 1 aromatic carbocycles. The maximum Gasteiger partial charge on any atom is 0.257 e. The third kappa shape index (κ3) is 6.11. The van der Waals surface area contributed by atoms with Gasteiger partial charge >= 0.3 is 0 Å². The summed E-state index contributed by atoms with van der Waals surface area (Å²) in [7, 11) is 1.41. The van der Waals surface area contributed by atoms with Crippen molar-refractivity contribution in [3.63, 3.8) is 0 Å². The van der Waals surface area contributed by atoms with E-state index < -0.39 is 40.6 Å². The molecule has 1 aliphatic heterocycles. The topological polar surface area (TPSA) is 120 Å². The van der Waals surface area contributed by atoms with Crippen LogP contribution < -0.4 is 16.2 Å². The summed E-state index contributed by atoms with van der Waals surface area (Å²) in [6, 6.07) is 2.61. The number of ketones is 1. The number of nitrogens with zero attached hydrogens (tertiary/aromatic N) is 1. The highest BCUT2D eigenvalue weighted by molar-refractivity contribution is 6.26. The van der Waals surface area contributed by atoms with Crippen LogP contribution in [0.4, 0.5) is 8.78 Å². The van der Waals surface area contributed by atoms with Crippen molar-refractivity contribution in [3.8, 4) is 0 Å². The van der Waals surface area contributed by atoms with Gasteiger partial charge in [0.05, 0.1) is 18.8 Å². The zero-order chi connectivity index (χ0) is 23.8. The number of nitrogens with one attached hydrogen (secondary N) is 3. The van der Waals surface area contributed by atoms with Gasteiger partial charge in [0.2, 0.25) is 5.78 Å². The van der Waals surface area contributed by atoms with Crippen molar-refractivity contribution in [1.82, 2.24) is 21.1 Å². The lowest BCUT2D eigenvalue weighted by Crippen LogP contribution is -2.48. The average molecular weight is 452 g/mol. The van der Waals surface area contributed by atoms with Crippen molar-refractivity contribution < 1.29 is 33.0 Å². The summed E-state index contributed by atoms with van der Waals surface area (Å²) in [6.45, 7) is 3.28. The summed E-state index contributed by atoms with van der Waals surface area (Å²) in [6.07, 6.45) is 0.983. The lowest BCUT2D eigenvalue weighted by Gasteiger charge is -2.29. The first-order chi connectivity index (χ1) is 15.2.